The molecule has 0 aliphatic rings. The van der Waals surface area contributed by atoms with Gasteiger partial charge in [-0.1, -0.05) is 0 Å². The van der Waals surface area contributed by atoms with Crippen molar-refractivity contribution < 1.29 is 23.0 Å². The SMILES string of the molecule is COc1cc(F)c(NC(=O)c2cc(F)ccc2I)cc1OC. The summed E-state index contributed by atoms with van der Waals surface area (Å²) in [6.07, 6.45) is 0. The molecular weight excluding hydrogens is 407 g/mol. The van der Waals surface area contributed by atoms with Crippen LogP contribution in [0, 0.1) is 15.2 Å². The van der Waals surface area contributed by atoms with Gasteiger partial charge < -0.3 is 14.8 Å². The highest BCUT2D eigenvalue weighted by atomic mass is 127. The number of carbonyl (C=O) groups excluding carboxylic acids is 1. The Kier molecular flexibility index (Phi) is 5.17. The number of hydrogen-bond acceptors (Lipinski definition) is 3. The average molecular weight is 419 g/mol. The average Bonchev–Trinajstić information content (AvgIpc) is 2.51. The van der Waals surface area contributed by atoms with E-state index >= 15 is 0 Å². The number of nitrogens with one attached hydrogen (secondary N) is 1. The van der Waals surface area contributed by atoms with E-state index in [1.54, 1.807) is 0 Å². The predicted molar refractivity (Wildman–Crippen MR) is 86.6 cm³/mol. The molecule has 116 valence electrons. The van der Waals surface area contributed by atoms with Crippen molar-refractivity contribution in [2.45, 2.75) is 0 Å². The van der Waals surface area contributed by atoms with Gasteiger partial charge in [0.15, 0.2) is 17.3 Å². The zero-order valence-electron chi connectivity index (χ0n) is 11.7. The molecule has 0 heterocycles. The molecule has 22 heavy (non-hydrogen) atoms. The predicted octanol–water partition coefficient (Wildman–Crippen LogP) is 3.84. The number of rotatable bonds is 4. The van der Waals surface area contributed by atoms with Crippen molar-refractivity contribution in [3.8, 4) is 11.5 Å². The van der Waals surface area contributed by atoms with Crippen LogP contribution in [-0.4, -0.2) is 20.1 Å². The lowest BCUT2D eigenvalue weighted by molar-refractivity contribution is 0.102. The van der Waals surface area contributed by atoms with Crippen LogP contribution in [0.5, 0.6) is 11.5 Å². The van der Waals surface area contributed by atoms with Crippen LogP contribution in [0.3, 0.4) is 0 Å². The summed E-state index contributed by atoms with van der Waals surface area (Å²) < 4.78 is 37.8. The third-order valence-corrected chi connectivity index (χ3v) is 3.84. The minimum Gasteiger partial charge on any atom is -0.493 e. The summed E-state index contributed by atoms with van der Waals surface area (Å²) in [7, 11) is 2.78. The van der Waals surface area contributed by atoms with Gasteiger partial charge >= 0.3 is 0 Å². The van der Waals surface area contributed by atoms with Gasteiger partial charge in [-0.25, -0.2) is 8.78 Å². The molecule has 0 bridgehead atoms. The molecule has 0 spiro atoms. The molecule has 0 atom stereocenters. The molecule has 0 radical (unpaired) electrons. The smallest absolute Gasteiger partial charge is 0.256 e. The summed E-state index contributed by atoms with van der Waals surface area (Å²) in [5.74, 6) is -1.36. The molecule has 1 amide bonds. The minimum absolute atomic E-state index is 0.0808. The lowest BCUT2D eigenvalue weighted by Gasteiger charge is -2.12. The first-order valence-corrected chi connectivity index (χ1v) is 7.22. The third-order valence-electron chi connectivity index (χ3n) is 2.89. The van der Waals surface area contributed by atoms with E-state index in [2.05, 4.69) is 5.32 Å². The van der Waals surface area contributed by atoms with Crippen molar-refractivity contribution in [3.05, 3.63) is 51.1 Å². The Morgan fingerprint density at radius 2 is 1.73 bits per heavy atom. The second kappa shape index (κ2) is 6.91. The van der Waals surface area contributed by atoms with Gasteiger partial charge in [-0.15, -0.1) is 0 Å². The zero-order chi connectivity index (χ0) is 16.3. The second-order valence-electron chi connectivity index (χ2n) is 4.27. The van der Waals surface area contributed by atoms with E-state index in [0.717, 1.165) is 12.1 Å². The Morgan fingerprint density at radius 3 is 2.36 bits per heavy atom. The van der Waals surface area contributed by atoms with Crippen molar-refractivity contribution in [1.29, 1.82) is 0 Å². The van der Waals surface area contributed by atoms with Gasteiger partial charge in [-0.05, 0) is 40.8 Å². The number of ether oxygens (including phenoxy) is 2. The van der Waals surface area contributed by atoms with Crippen LogP contribution >= 0.6 is 22.6 Å². The largest absolute Gasteiger partial charge is 0.493 e. The molecule has 0 saturated heterocycles. The summed E-state index contributed by atoms with van der Waals surface area (Å²) in [5.41, 5.74) is 0.0393. The van der Waals surface area contributed by atoms with Crippen molar-refractivity contribution in [3.63, 3.8) is 0 Å². The monoisotopic (exact) mass is 419 g/mol. The lowest BCUT2D eigenvalue weighted by atomic mass is 10.2. The molecule has 0 aliphatic heterocycles. The molecule has 2 aromatic rings. The normalized spacial score (nSPS) is 10.2. The van der Waals surface area contributed by atoms with Gasteiger partial charge in [0.25, 0.3) is 5.91 Å². The van der Waals surface area contributed by atoms with E-state index in [9.17, 15) is 13.6 Å². The number of amides is 1. The fraction of sp³-hybridized carbons (Fsp3) is 0.133. The molecule has 2 rings (SSSR count). The first-order chi connectivity index (χ1) is 10.5. The van der Waals surface area contributed by atoms with Gasteiger partial charge in [0.1, 0.15) is 5.82 Å². The van der Waals surface area contributed by atoms with Crippen LogP contribution in [0.25, 0.3) is 0 Å². The molecule has 2 aromatic carbocycles. The van der Waals surface area contributed by atoms with Gasteiger partial charge in [0.05, 0.1) is 25.5 Å². The van der Waals surface area contributed by atoms with E-state index in [1.807, 2.05) is 22.6 Å². The van der Waals surface area contributed by atoms with Crippen LogP contribution in [-0.2, 0) is 0 Å². The molecule has 1 N–H and O–H groups in total. The Morgan fingerprint density at radius 1 is 1.09 bits per heavy atom. The van der Waals surface area contributed by atoms with Gasteiger partial charge in [0, 0.05) is 15.7 Å². The minimum atomic E-state index is -0.683. The summed E-state index contributed by atoms with van der Waals surface area (Å²) in [6.45, 7) is 0. The van der Waals surface area contributed by atoms with Gasteiger partial charge in [0.2, 0.25) is 0 Å². The van der Waals surface area contributed by atoms with Crippen molar-refractivity contribution >= 4 is 34.2 Å². The second-order valence-corrected chi connectivity index (χ2v) is 5.43. The Balaban J connectivity index is 2.34. The Hall–Kier alpha value is -1.90. The van der Waals surface area contributed by atoms with Crippen LogP contribution in [0.15, 0.2) is 30.3 Å². The number of benzene rings is 2. The van der Waals surface area contributed by atoms with E-state index < -0.39 is 17.5 Å². The van der Waals surface area contributed by atoms with E-state index in [0.29, 0.717) is 3.57 Å². The highest BCUT2D eigenvalue weighted by Gasteiger charge is 2.16. The van der Waals surface area contributed by atoms with Crippen molar-refractivity contribution in [2.75, 3.05) is 19.5 Å². The molecule has 0 unspecified atom stereocenters. The number of carbonyl (C=O) groups is 1. The zero-order valence-corrected chi connectivity index (χ0v) is 13.9. The standard InChI is InChI=1S/C15H12F2INO3/c1-21-13-6-10(17)12(7-14(13)22-2)19-15(20)9-5-8(16)3-4-11(9)18/h3-7H,1-2H3,(H,19,20). The maximum atomic E-state index is 14.0. The molecular formula is C15H12F2INO3. The fourth-order valence-electron chi connectivity index (χ4n) is 1.81. The Labute approximate surface area is 139 Å². The van der Waals surface area contributed by atoms with Crippen LogP contribution in [0.2, 0.25) is 0 Å². The number of methoxy groups -OCH3 is 2. The molecule has 0 fully saturated rings. The van der Waals surface area contributed by atoms with Crippen LogP contribution < -0.4 is 14.8 Å². The fourth-order valence-corrected chi connectivity index (χ4v) is 2.39. The molecule has 0 saturated carbocycles. The first-order valence-electron chi connectivity index (χ1n) is 6.14. The summed E-state index contributed by atoms with van der Waals surface area (Å²) in [5, 5.41) is 2.40. The van der Waals surface area contributed by atoms with Gasteiger partial charge in [-0.2, -0.15) is 0 Å². The molecule has 0 aliphatic carbocycles. The highest BCUT2D eigenvalue weighted by molar-refractivity contribution is 14.1. The first kappa shape index (κ1) is 16.5. The number of halogens is 3. The summed E-state index contributed by atoms with van der Waals surface area (Å²) >= 11 is 1.90. The maximum absolute atomic E-state index is 14.0. The topological polar surface area (TPSA) is 47.6 Å². The quantitative estimate of drug-likeness (QED) is 0.767. The van der Waals surface area contributed by atoms with Crippen molar-refractivity contribution in [2.24, 2.45) is 0 Å². The number of hydrogen-bond donors (Lipinski definition) is 1. The molecule has 4 nitrogen and oxygen atoms in total. The van der Waals surface area contributed by atoms with E-state index in [4.69, 9.17) is 9.47 Å². The highest BCUT2D eigenvalue weighted by Crippen LogP contribution is 2.32. The number of anilines is 1. The van der Waals surface area contributed by atoms with E-state index in [1.165, 1.54) is 32.4 Å². The Bertz CT molecular complexity index is 722. The van der Waals surface area contributed by atoms with Crippen LogP contribution in [0.1, 0.15) is 10.4 Å². The molecule has 0 aromatic heterocycles. The van der Waals surface area contributed by atoms with Gasteiger partial charge in [-0.3, -0.25) is 4.79 Å². The summed E-state index contributed by atoms with van der Waals surface area (Å²) in [4.78, 5) is 12.2. The summed E-state index contributed by atoms with van der Waals surface area (Å²) in [6, 6.07) is 6.21. The maximum Gasteiger partial charge on any atom is 0.256 e. The van der Waals surface area contributed by atoms with Crippen molar-refractivity contribution in [1.82, 2.24) is 0 Å². The third kappa shape index (κ3) is 3.46. The lowest BCUT2D eigenvalue weighted by Crippen LogP contribution is -2.15. The van der Waals surface area contributed by atoms with Crippen LogP contribution in [0.4, 0.5) is 14.5 Å². The van der Waals surface area contributed by atoms with E-state index in [-0.39, 0.29) is 22.7 Å². The molecule has 7 heteroatoms.